The Labute approximate surface area is 89.2 Å². The van der Waals surface area contributed by atoms with E-state index in [0.29, 0.717) is 5.38 Å². The minimum absolute atomic E-state index is 0.370. The first-order valence-electron chi connectivity index (χ1n) is 5.53. The molecule has 0 aliphatic heterocycles. The minimum Gasteiger partial charge on any atom is -0.317 e. The van der Waals surface area contributed by atoms with Crippen molar-refractivity contribution < 1.29 is 0 Å². The monoisotopic (exact) mass is 207 g/mol. The number of nitrogens with one attached hydrogen (secondary N) is 1. The van der Waals surface area contributed by atoms with Gasteiger partial charge in [-0.1, -0.05) is 27.2 Å². The molecule has 0 fully saturated rings. The van der Waals surface area contributed by atoms with Crippen LogP contribution in [0.3, 0.4) is 0 Å². The van der Waals surface area contributed by atoms with Crippen molar-refractivity contribution >= 4 is 11.6 Å². The molecule has 0 saturated heterocycles. The van der Waals surface area contributed by atoms with Crippen LogP contribution >= 0.6 is 11.6 Å². The Hall–Kier alpha value is 0.250. The number of rotatable bonds is 6. The van der Waals surface area contributed by atoms with Gasteiger partial charge in [0.2, 0.25) is 0 Å². The molecule has 0 aromatic heterocycles. The van der Waals surface area contributed by atoms with Gasteiger partial charge in [-0.15, -0.1) is 11.6 Å². The lowest BCUT2D eigenvalue weighted by Crippen LogP contribution is -2.14. The number of hydrogen-bond acceptors (Lipinski definition) is 1. The predicted octanol–water partition coefficient (Wildman–Crippen LogP) is 3.81. The van der Waals surface area contributed by atoms with E-state index in [1.165, 1.54) is 32.4 Å². The summed E-state index contributed by atoms with van der Waals surface area (Å²) in [4.78, 5) is 0. The first-order chi connectivity index (χ1) is 6.18. The molecule has 0 aromatic rings. The summed E-state index contributed by atoms with van der Waals surface area (Å²) in [5.74, 6) is 0. The van der Waals surface area contributed by atoms with Crippen molar-refractivity contribution in [1.82, 2.24) is 5.32 Å². The SMILES string of the molecule is CCCC(C)Cl.CCCNCCC. The van der Waals surface area contributed by atoms with E-state index in [2.05, 4.69) is 26.1 Å². The molecule has 1 N–H and O–H groups in total. The molecule has 13 heavy (non-hydrogen) atoms. The third-order valence-corrected chi connectivity index (χ3v) is 1.76. The van der Waals surface area contributed by atoms with E-state index in [9.17, 15) is 0 Å². The summed E-state index contributed by atoms with van der Waals surface area (Å²) in [7, 11) is 0. The van der Waals surface area contributed by atoms with Gasteiger partial charge in [-0.2, -0.15) is 0 Å². The Morgan fingerprint density at radius 2 is 1.46 bits per heavy atom. The van der Waals surface area contributed by atoms with Gasteiger partial charge in [0.15, 0.2) is 0 Å². The van der Waals surface area contributed by atoms with Gasteiger partial charge < -0.3 is 5.32 Å². The predicted molar refractivity (Wildman–Crippen MR) is 63.7 cm³/mol. The largest absolute Gasteiger partial charge is 0.317 e. The highest BCUT2D eigenvalue weighted by molar-refractivity contribution is 6.20. The van der Waals surface area contributed by atoms with Gasteiger partial charge in [0.1, 0.15) is 0 Å². The molecule has 0 radical (unpaired) electrons. The molecule has 0 heterocycles. The van der Waals surface area contributed by atoms with Crippen molar-refractivity contribution in [3.05, 3.63) is 0 Å². The van der Waals surface area contributed by atoms with E-state index < -0.39 is 0 Å². The van der Waals surface area contributed by atoms with E-state index in [4.69, 9.17) is 11.6 Å². The first kappa shape index (κ1) is 15.7. The van der Waals surface area contributed by atoms with Gasteiger partial charge in [0.05, 0.1) is 0 Å². The third kappa shape index (κ3) is 24.5. The molecule has 0 bridgehead atoms. The van der Waals surface area contributed by atoms with Crippen LogP contribution < -0.4 is 5.32 Å². The van der Waals surface area contributed by atoms with Crippen LogP contribution in [0.1, 0.15) is 53.4 Å². The van der Waals surface area contributed by atoms with Crippen molar-refractivity contribution in [2.45, 2.75) is 58.8 Å². The van der Waals surface area contributed by atoms with E-state index in [-0.39, 0.29) is 0 Å². The summed E-state index contributed by atoms with van der Waals surface area (Å²) in [5.41, 5.74) is 0. The summed E-state index contributed by atoms with van der Waals surface area (Å²) in [6, 6.07) is 0. The van der Waals surface area contributed by atoms with Gasteiger partial charge in [0, 0.05) is 5.38 Å². The standard InChI is InChI=1S/C6H15N.C5H11Cl/c1-3-5-7-6-4-2;1-3-4-5(2)6/h7H,3-6H2,1-2H3;5H,3-4H2,1-2H3. The average molecular weight is 208 g/mol. The average Bonchev–Trinajstić information content (AvgIpc) is 2.06. The number of hydrogen-bond donors (Lipinski definition) is 1. The second-order valence-corrected chi connectivity index (χ2v) is 4.06. The molecule has 1 atom stereocenters. The second kappa shape index (κ2) is 14.8. The van der Waals surface area contributed by atoms with Crippen LogP contribution in [0.25, 0.3) is 0 Å². The van der Waals surface area contributed by atoms with E-state index in [0.717, 1.165) is 6.42 Å². The first-order valence-corrected chi connectivity index (χ1v) is 5.97. The Morgan fingerprint density at radius 1 is 1.00 bits per heavy atom. The second-order valence-electron chi connectivity index (χ2n) is 3.32. The molecule has 1 nitrogen and oxygen atoms in total. The zero-order valence-corrected chi connectivity index (χ0v) is 10.5. The molecule has 0 spiro atoms. The molecule has 0 aliphatic rings. The minimum atomic E-state index is 0.370. The molecule has 0 aromatic carbocycles. The molecular formula is C11H26ClN. The summed E-state index contributed by atoms with van der Waals surface area (Å²) in [6.07, 6.45) is 4.84. The highest BCUT2D eigenvalue weighted by atomic mass is 35.5. The fourth-order valence-corrected chi connectivity index (χ4v) is 1.09. The van der Waals surface area contributed by atoms with Crippen molar-refractivity contribution in [1.29, 1.82) is 0 Å². The third-order valence-electron chi connectivity index (χ3n) is 1.54. The van der Waals surface area contributed by atoms with Crippen LogP contribution in [-0.2, 0) is 0 Å². The summed E-state index contributed by atoms with van der Waals surface area (Å²) in [5, 5.41) is 3.66. The Morgan fingerprint density at radius 3 is 1.62 bits per heavy atom. The molecule has 0 aliphatic carbocycles. The molecule has 0 saturated carbocycles. The van der Waals surface area contributed by atoms with Crippen LogP contribution in [0, 0.1) is 0 Å². The maximum absolute atomic E-state index is 5.58. The lowest BCUT2D eigenvalue weighted by atomic mass is 10.3. The maximum atomic E-state index is 5.58. The quantitative estimate of drug-likeness (QED) is 0.516. The number of halogens is 1. The number of alkyl halides is 1. The molecule has 82 valence electrons. The highest BCUT2D eigenvalue weighted by Crippen LogP contribution is 2.01. The summed E-state index contributed by atoms with van der Waals surface area (Å²) in [6.45, 7) is 10.9. The molecule has 1 unspecified atom stereocenters. The Bertz CT molecular complexity index is 70.5. The summed E-state index contributed by atoms with van der Waals surface area (Å²) < 4.78 is 0. The van der Waals surface area contributed by atoms with Crippen LogP contribution in [0.2, 0.25) is 0 Å². The van der Waals surface area contributed by atoms with Crippen molar-refractivity contribution in [3.8, 4) is 0 Å². The zero-order chi connectivity index (χ0) is 10.5. The van der Waals surface area contributed by atoms with Gasteiger partial charge in [0.25, 0.3) is 0 Å². The van der Waals surface area contributed by atoms with Crippen molar-refractivity contribution in [2.75, 3.05) is 13.1 Å². The molecular weight excluding hydrogens is 182 g/mol. The maximum Gasteiger partial charge on any atom is 0.0307 e. The van der Waals surface area contributed by atoms with Crippen LogP contribution in [0.4, 0.5) is 0 Å². The van der Waals surface area contributed by atoms with Gasteiger partial charge in [-0.25, -0.2) is 0 Å². The van der Waals surface area contributed by atoms with E-state index >= 15 is 0 Å². The summed E-state index contributed by atoms with van der Waals surface area (Å²) >= 11 is 5.58. The van der Waals surface area contributed by atoms with Crippen molar-refractivity contribution in [3.63, 3.8) is 0 Å². The topological polar surface area (TPSA) is 12.0 Å². The molecule has 2 heteroatoms. The normalized spacial score (nSPS) is 11.8. The van der Waals surface area contributed by atoms with Crippen molar-refractivity contribution in [2.24, 2.45) is 0 Å². The Kier molecular flexibility index (Phi) is 17.8. The van der Waals surface area contributed by atoms with Crippen LogP contribution in [0.15, 0.2) is 0 Å². The van der Waals surface area contributed by atoms with E-state index in [1.807, 2.05) is 6.92 Å². The van der Waals surface area contributed by atoms with Gasteiger partial charge >= 0.3 is 0 Å². The van der Waals surface area contributed by atoms with Gasteiger partial charge in [-0.3, -0.25) is 0 Å². The van der Waals surface area contributed by atoms with Crippen LogP contribution in [-0.4, -0.2) is 18.5 Å². The lowest BCUT2D eigenvalue weighted by Gasteiger charge is -1.95. The molecule has 0 amide bonds. The highest BCUT2D eigenvalue weighted by Gasteiger charge is 1.88. The fraction of sp³-hybridized carbons (Fsp3) is 1.00. The molecule has 0 rings (SSSR count). The lowest BCUT2D eigenvalue weighted by molar-refractivity contribution is 0.662. The Balaban J connectivity index is 0. The van der Waals surface area contributed by atoms with Gasteiger partial charge in [-0.05, 0) is 39.3 Å². The van der Waals surface area contributed by atoms with Crippen LogP contribution in [0.5, 0.6) is 0 Å². The zero-order valence-electron chi connectivity index (χ0n) is 9.70. The smallest absolute Gasteiger partial charge is 0.0307 e. The van der Waals surface area contributed by atoms with E-state index in [1.54, 1.807) is 0 Å². The fourth-order valence-electron chi connectivity index (χ4n) is 0.876.